The molecule has 2 N–H and O–H groups in total. The molecule has 0 spiro atoms. The van der Waals surface area contributed by atoms with Crippen molar-refractivity contribution < 1.29 is 14.6 Å². The Hall–Kier alpha value is -2.34. The number of rotatable bonds is 6. The highest BCUT2D eigenvalue weighted by molar-refractivity contribution is 6.03. The molecule has 124 valence electrons. The molecule has 2 rings (SSSR count). The van der Waals surface area contributed by atoms with Crippen LogP contribution in [-0.2, 0) is 13.7 Å². The van der Waals surface area contributed by atoms with E-state index in [0.29, 0.717) is 35.2 Å². The van der Waals surface area contributed by atoms with Crippen LogP contribution in [0.4, 0.5) is 5.69 Å². The van der Waals surface area contributed by atoms with E-state index in [0.717, 1.165) is 5.69 Å². The average molecular weight is 317 g/mol. The Labute approximate surface area is 136 Å². The van der Waals surface area contributed by atoms with Crippen molar-refractivity contribution in [3.05, 3.63) is 41.2 Å². The lowest BCUT2D eigenvalue weighted by atomic mass is 10.1. The SMILES string of the molecule is CCOc1ccc(NC(=O)c2cc(C(C)C)n(C)n2)cc1CO. The fraction of sp³-hybridized carbons (Fsp3) is 0.412. The largest absolute Gasteiger partial charge is 0.494 e. The van der Waals surface area contributed by atoms with E-state index in [9.17, 15) is 9.90 Å². The summed E-state index contributed by atoms with van der Waals surface area (Å²) in [5.74, 6) is 0.633. The van der Waals surface area contributed by atoms with Gasteiger partial charge in [-0.25, -0.2) is 0 Å². The molecule has 0 saturated heterocycles. The van der Waals surface area contributed by atoms with Crippen molar-refractivity contribution in [2.75, 3.05) is 11.9 Å². The van der Waals surface area contributed by atoms with Crippen molar-refractivity contribution in [3.63, 3.8) is 0 Å². The van der Waals surface area contributed by atoms with Crippen LogP contribution >= 0.6 is 0 Å². The van der Waals surface area contributed by atoms with Gasteiger partial charge >= 0.3 is 0 Å². The highest BCUT2D eigenvalue weighted by atomic mass is 16.5. The van der Waals surface area contributed by atoms with E-state index in [2.05, 4.69) is 24.3 Å². The Morgan fingerprint density at radius 3 is 2.70 bits per heavy atom. The van der Waals surface area contributed by atoms with Gasteiger partial charge in [0.05, 0.1) is 13.2 Å². The maximum Gasteiger partial charge on any atom is 0.276 e. The summed E-state index contributed by atoms with van der Waals surface area (Å²) in [5, 5.41) is 16.5. The van der Waals surface area contributed by atoms with Gasteiger partial charge in [0.1, 0.15) is 5.75 Å². The monoisotopic (exact) mass is 317 g/mol. The van der Waals surface area contributed by atoms with E-state index in [1.807, 2.05) is 14.0 Å². The van der Waals surface area contributed by atoms with E-state index in [-0.39, 0.29) is 12.5 Å². The number of aromatic nitrogens is 2. The molecular weight excluding hydrogens is 294 g/mol. The lowest BCUT2D eigenvalue weighted by Crippen LogP contribution is -2.13. The Kier molecular flexibility index (Phi) is 5.39. The second-order valence-corrected chi connectivity index (χ2v) is 5.60. The van der Waals surface area contributed by atoms with E-state index < -0.39 is 0 Å². The zero-order chi connectivity index (χ0) is 17.0. The first-order valence-corrected chi connectivity index (χ1v) is 7.68. The van der Waals surface area contributed by atoms with Gasteiger partial charge in [-0.3, -0.25) is 9.48 Å². The molecule has 0 aliphatic rings. The van der Waals surface area contributed by atoms with Gasteiger partial charge in [-0.15, -0.1) is 0 Å². The molecule has 1 amide bonds. The molecule has 0 bridgehead atoms. The highest BCUT2D eigenvalue weighted by Crippen LogP contribution is 2.23. The number of anilines is 1. The Balaban J connectivity index is 2.18. The lowest BCUT2D eigenvalue weighted by molar-refractivity contribution is 0.102. The summed E-state index contributed by atoms with van der Waals surface area (Å²) in [6, 6.07) is 6.98. The van der Waals surface area contributed by atoms with Gasteiger partial charge < -0.3 is 15.2 Å². The number of hydrogen-bond donors (Lipinski definition) is 2. The number of aliphatic hydroxyl groups excluding tert-OH is 1. The van der Waals surface area contributed by atoms with Crippen molar-refractivity contribution in [2.45, 2.75) is 33.3 Å². The zero-order valence-corrected chi connectivity index (χ0v) is 14.0. The van der Waals surface area contributed by atoms with Gasteiger partial charge in [0, 0.05) is 24.0 Å². The molecular formula is C17H23N3O3. The van der Waals surface area contributed by atoms with Crippen molar-refractivity contribution >= 4 is 11.6 Å². The maximum absolute atomic E-state index is 12.3. The second kappa shape index (κ2) is 7.28. The number of carbonyl (C=O) groups excluding carboxylic acids is 1. The third-order valence-corrected chi connectivity index (χ3v) is 3.53. The molecule has 0 aliphatic heterocycles. The molecule has 0 unspecified atom stereocenters. The van der Waals surface area contributed by atoms with Gasteiger partial charge in [-0.05, 0) is 37.1 Å². The van der Waals surface area contributed by atoms with Gasteiger partial charge in [-0.2, -0.15) is 5.10 Å². The van der Waals surface area contributed by atoms with Gasteiger partial charge in [0.15, 0.2) is 5.69 Å². The number of amides is 1. The van der Waals surface area contributed by atoms with Crippen LogP contribution in [0.25, 0.3) is 0 Å². The molecule has 0 fully saturated rings. The average Bonchev–Trinajstić information content (AvgIpc) is 2.91. The summed E-state index contributed by atoms with van der Waals surface area (Å²) >= 11 is 0. The van der Waals surface area contributed by atoms with Crippen molar-refractivity contribution in [1.29, 1.82) is 0 Å². The first-order chi connectivity index (χ1) is 11.0. The third kappa shape index (κ3) is 3.90. The molecule has 23 heavy (non-hydrogen) atoms. The topological polar surface area (TPSA) is 76.4 Å². The van der Waals surface area contributed by atoms with E-state index in [1.54, 1.807) is 28.9 Å². The Morgan fingerprint density at radius 2 is 2.13 bits per heavy atom. The van der Waals surface area contributed by atoms with Crippen LogP contribution in [0, 0.1) is 0 Å². The van der Waals surface area contributed by atoms with Crippen LogP contribution in [0.3, 0.4) is 0 Å². The fourth-order valence-electron chi connectivity index (χ4n) is 2.41. The Morgan fingerprint density at radius 1 is 1.39 bits per heavy atom. The molecule has 6 nitrogen and oxygen atoms in total. The summed E-state index contributed by atoms with van der Waals surface area (Å²) in [6.07, 6.45) is 0. The minimum atomic E-state index is -0.277. The number of hydrogen-bond acceptors (Lipinski definition) is 4. The van der Waals surface area contributed by atoms with Gasteiger partial charge in [0.2, 0.25) is 0 Å². The molecule has 0 aliphatic carbocycles. The maximum atomic E-state index is 12.3. The molecule has 0 atom stereocenters. The molecule has 1 aromatic carbocycles. The molecule has 1 aromatic heterocycles. The molecule has 1 heterocycles. The quantitative estimate of drug-likeness (QED) is 0.859. The normalized spacial score (nSPS) is 10.9. The number of benzene rings is 1. The van der Waals surface area contributed by atoms with Crippen LogP contribution in [0.5, 0.6) is 5.75 Å². The first-order valence-electron chi connectivity index (χ1n) is 7.68. The number of nitrogens with zero attached hydrogens (tertiary/aromatic N) is 2. The third-order valence-electron chi connectivity index (χ3n) is 3.53. The van der Waals surface area contributed by atoms with Gasteiger partial charge in [0.25, 0.3) is 5.91 Å². The van der Waals surface area contributed by atoms with Gasteiger partial charge in [-0.1, -0.05) is 13.8 Å². The molecule has 2 aromatic rings. The smallest absolute Gasteiger partial charge is 0.276 e. The summed E-state index contributed by atoms with van der Waals surface area (Å²) in [5.41, 5.74) is 2.60. The van der Waals surface area contributed by atoms with Crippen LogP contribution in [0.2, 0.25) is 0 Å². The zero-order valence-electron chi connectivity index (χ0n) is 14.0. The standard InChI is InChI=1S/C17H23N3O3/c1-5-23-16-7-6-13(8-12(16)10-21)18-17(22)14-9-15(11(2)3)20(4)19-14/h6-9,11,21H,5,10H2,1-4H3,(H,18,22). The predicted molar refractivity (Wildman–Crippen MR) is 88.8 cm³/mol. The summed E-state index contributed by atoms with van der Waals surface area (Å²) in [7, 11) is 1.83. The number of nitrogens with one attached hydrogen (secondary N) is 1. The van der Waals surface area contributed by atoms with Crippen molar-refractivity contribution in [1.82, 2.24) is 9.78 Å². The fourth-order valence-corrected chi connectivity index (χ4v) is 2.41. The summed E-state index contributed by atoms with van der Waals surface area (Å²) in [6.45, 7) is 6.35. The minimum Gasteiger partial charge on any atom is -0.494 e. The van der Waals surface area contributed by atoms with Crippen LogP contribution in [-0.4, -0.2) is 27.4 Å². The predicted octanol–water partition coefficient (Wildman–Crippen LogP) is 2.69. The van der Waals surface area contributed by atoms with Crippen molar-refractivity contribution in [3.8, 4) is 5.75 Å². The molecule has 6 heteroatoms. The summed E-state index contributed by atoms with van der Waals surface area (Å²) < 4.78 is 7.15. The highest BCUT2D eigenvalue weighted by Gasteiger charge is 2.15. The number of ether oxygens (including phenoxy) is 1. The Bertz CT molecular complexity index is 692. The van der Waals surface area contributed by atoms with Crippen LogP contribution in [0.15, 0.2) is 24.3 Å². The number of carbonyl (C=O) groups is 1. The lowest BCUT2D eigenvalue weighted by Gasteiger charge is -2.10. The first kappa shape index (κ1) is 17.0. The number of aryl methyl sites for hydroxylation is 1. The van der Waals surface area contributed by atoms with Crippen LogP contribution < -0.4 is 10.1 Å². The molecule has 0 radical (unpaired) electrons. The van der Waals surface area contributed by atoms with E-state index in [1.165, 1.54) is 0 Å². The summed E-state index contributed by atoms with van der Waals surface area (Å²) in [4.78, 5) is 12.3. The van der Waals surface area contributed by atoms with E-state index in [4.69, 9.17) is 4.74 Å². The van der Waals surface area contributed by atoms with Crippen LogP contribution in [0.1, 0.15) is 48.4 Å². The molecule has 0 saturated carbocycles. The van der Waals surface area contributed by atoms with E-state index >= 15 is 0 Å². The second-order valence-electron chi connectivity index (χ2n) is 5.60. The van der Waals surface area contributed by atoms with Crippen molar-refractivity contribution in [2.24, 2.45) is 7.05 Å². The minimum absolute atomic E-state index is 0.153. The number of aliphatic hydroxyl groups is 1.